The summed E-state index contributed by atoms with van der Waals surface area (Å²) in [7, 11) is 1.69. The van der Waals surface area contributed by atoms with Crippen LogP contribution in [-0.4, -0.2) is 24.5 Å². The van der Waals surface area contributed by atoms with Crippen LogP contribution in [0.3, 0.4) is 0 Å². The van der Waals surface area contributed by atoms with Crippen LogP contribution < -0.4 is 10.2 Å². The molecule has 144 valence electrons. The lowest BCUT2D eigenvalue weighted by atomic mass is 9.98. The van der Waals surface area contributed by atoms with Crippen LogP contribution in [0, 0.1) is 5.92 Å². The SMILES string of the molecule is CC(C)CCOc1cccc(C2c3c(oc4ccccc4c3=O)C(=O)N2C)c1. The first kappa shape index (κ1) is 18.3. The van der Waals surface area contributed by atoms with Crippen LogP contribution in [0.5, 0.6) is 5.75 Å². The number of hydrogen-bond donors (Lipinski definition) is 0. The van der Waals surface area contributed by atoms with Gasteiger partial charge in [0.15, 0.2) is 5.43 Å². The maximum absolute atomic E-state index is 13.2. The predicted molar refractivity (Wildman–Crippen MR) is 108 cm³/mol. The third kappa shape index (κ3) is 3.07. The van der Waals surface area contributed by atoms with Crippen molar-refractivity contribution in [3.05, 3.63) is 75.6 Å². The molecule has 0 aliphatic carbocycles. The highest BCUT2D eigenvalue weighted by molar-refractivity contribution is 5.98. The number of carbonyl (C=O) groups excluding carboxylic acids is 1. The Bertz CT molecular complexity index is 1100. The molecule has 1 aliphatic rings. The molecule has 0 radical (unpaired) electrons. The van der Waals surface area contributed by atoms with Crippen molar-refractivity contribution in [2.75, 3.05) is 13.7 Å². The summed E-state index contributed by atoms with van der Waals surface area (Å²) in [6, 6.07) is 14.1. The van der Waals surface area contributed by atoms with E-state index in [4.69, 9.17) is 9.15 Å². The molecular weight excluding hydrogens is 354 g/mol. The second-order valence-corrected chi connectivity index (χ2v) is 7.59. The van der Waals surface area contributed by atoms with Gasteiger partial charge in [0.05, 0.1) is 23.6 Å². The number of carbonyl (C=O) groups is 1. The lowest BCUT2D eigenvalue weighted by Gasteiger charge is -2.21. The summed E-state index contributed by atoms with van der Waals surface area (Å²) in [5, 5.41) is 0.485. The molecule has 5 nitrogen and oxygen atoms in total. The topological polar surface area (TPSA) is 59.8 Å². The summed E-state index contributed by atoms with van der Waals surface area (Å²) in [4.78, 5) is 27.5. The summed E-state index contributed by atoms with van der Waals surface area (Å²) in [6.45, 7) is 4.93. The van der Waals surface area contributed by atoms with Gasteiger partial charge >= 0.3 is 0 Å². The lowest BCUT2D eigenvalue weighted by Crippen LogP contribution is -2.25. The van der Waals surface area contributed by atoms with Crippen molar-refractivity contribution in [3.8, 4) is 5.75 Å². The molecule has 1 atom stereocenters. The van der Waals surface area contributed by atoms with E-state index in [9.17, 15) is 9.59 Å². The van der Waals surface area contributed by atoms with Gasteiger partial charge in [-0.2, -0.15) is 0 Å². The molecular formula is C23H23NO4. The highest BCUT2D eigenvalue weighted by atomic mass is 16.5. The van der Waals surface area contributed by atoms with Gasteiger partial charge < -0.3 is 14.1 Å². The zero-order valence-electron chi connectivity index (χ0n) is 16.3. The minimum atomic E-state index is -0.489. The fourth-order valence-electron chi connectivity index (χ4n) is 3.61. The molecule has 2 heterocycles. The van der Waals surface area contributed by atoms with Gasteiger partial charge in [-0.15, -0.1) is 0 Å². The van der Waals surface area contributed by atoms with E-state index in [0.717, 1.165) is 17.7 Å². The van der Waals surface area contributed by atoms with Crippen LogP contribution in [0.15, 0.2) is 57.7 Å². The monoisotopic (exact) mass is 377 g/mol. The number of ether oxygens (including phenoxy) is 1. The standard InChI is InChI=1S/C23H23NO4/c1-14(2)11-12-27-16-8-6-7-15(13-16)20-19-21(25)17-9-4-5-10-18(17)28-22(19)23(26)24(20)3/h4-10,13-14,20H,11-12H2,1-3H3. The fraction of sp³-hybridized carbons (Fsp3) is 0.304. The van der Waals surface area contributed by atoms with Crippen molar-refractivity contribution >= 4 is 16.9 Å². The third-order valence-electron chi connectivity index (χ3n) is 5.15. The first-order valence-electron chi connectivity index (χ1n) is 9.53. The minimum Gasteiger partial charge on any atom is -0.494 e. The van der Waals surface area contributed by atoms with E-state index in [1.807, 2.05) is 24.3 Å². The third-order valence-corrected chi connectivity index (χ3v) is 5.15. The van der Waals surface area contributed by atoms with Gasteiger partial charge in [-0.3, -0.25) is 9.59 Å². The number of amides is 1. The largest absolute Gasteiger partial charge is 0.494 e. The number of hydrogen-bond acceptors (Lipinski definition) is 4. The van der Waals surface area contributed by atoms with Crippen LogP contribution in [0.2, 0.25) is 0 Å². The predicted octanol–water partition coefficient (Wildman–Crippen LogP) is 4.39. The summed E-state index contributed by atoms with van der Waals surface area (Å²) in [5.74, 6) is 1.14. The molecule has 0 N–H and O–H groups in total. The van der Waals surface area contributed by atoms with Crippen LogP contribution >= 0.6 is 0 Å². The molecule has 0 fully saturated rings. The lowest BCUT2D eigenvalue weighted by molar-refractivity contribution is 0.0771. The highest BCUT2D eigenvalue weighted by Gasteiger charge is 2.40. The quantitative estimate of drug-likeness (QED) is 0.661. The Kier molecular flexibility index (Phi) is 4.67. The first-order valence-corrected chi connectivity index (χ1v) is 9.53. The van der Waals surface area contributed by atoms with Crippen molar-refractivity contribution in [1.82, 2.24) is 4.90 Å². The molecule has 3 aromatic rings. The molecule has 0 bridgehead atoms. The van der Waals surface area contributed by atoms with E-state index in [1.54, 1.807) is 36.2 Å². The first-order chi connectivity index (χ1) is 13.5. The molecule has 1 aromatic heterocycles. The van der Waals surface area contributed by atoms with Crippen LogP contribution in [0.1, 0.15) is 48.0 Å². The van der Waals surface area contributed by atoms with Crippen LogP contribution in [-0.2, 0) is 0 Å². The highest BCUT2D eigenvalue weighted by Crippen LogP contribution is 2.37. The van der Waals surface area contributed by atoms with Crippen LogP contribution in [0.25, 0.3) is 11.0 Å². The van der Waals surface area contributed by atoms with E-state index < -0.39 is 6.04 Å². The number of fused-ring (bicyclic) bond motifs is 2. The van der Waals surface area contributed by atoms with Gasteiger partial charge in [0.1, 0.15) is 11.3 Å². The molecule has 4 rings (SSSR count). The molecule has 0 saturated heterocycles. The molecule has 0 spiro atoms. The van der Waals surface area contributed by atoms with Gasteiger partial charge in [-0.25, -0.2) is 0 Å². The molecule has 1 amide bonds. The van der Waals surface area contributed by atoms with E-state index in [0.29, 0.717) is 29.1 Å². The van der Waals surface area contributed by atoms with Crippen molar-refractivity contribution < 1.29 is 13.9 Å². The number of rotatable bonds is 5. The van der Waals surface area contributed by atoms with Gasteiger partial charge in [0.25, 0.3) is 5.91 Å². The Morgan fingerprint density at radius 3 is 2.68 bits per heavy atom. The van der Waals surface area contributed by atoms with E-state index in [1.165, 1.54) is 0 Å². The van der Waals surface area contributed by atoms with Crippen molar-refractivity contribution in [2.24, 2.45) is 5.92 Å². The van der Waals surface area contributed by atoms with Crippen LogP contribution in [0.4, 0.5) is 0 Å². The Hall–Kier alpha value is -3.08. The minimum absolute atomic E-state index is 0.127. The van der Waals surface area contributed by atoms with Gasteiger partial charge in [0, 0.05) is 7.05 Å². The maximum Gasteiger partial charge on any atom is 0.290 e. The van der Waals surface area contributed by atoms with E-state index in [2.05, 4.69) is 13.8 Å². The maximum atomic E-state index is 13.2. The van der Waals surface area contributed by atoms with E-state index >= 15 is 0 Å². The molecule has 0 saturated carbocycles. The second-order valence-electron chi connectivity index (χ2n) is 7.59. The summed E-state index contributed by atoms with van der Waals surface area (Å²) >= 11 is 0. The van der Waals surface area contributed by atoms with E-state index in [-0.39, 0.29) is 17.1 Å². The molecule has 28 heavy (non-hydrogen) atoms. The second kappa shape index (κ2) is 7.15. The Morgan fingerprint density at radius 2 is 1.89 bits per heavy atom. The normalized spacial score (nSPS) is 16.1. The van der Waals surface area contributed by atoms with Gasteiger partial charge in [0.2, 0.25) is 5.76 Å². The average molecular weight is 377 g/mol. The smallest absolute Gasteiger partial charge is 0.290 e. The molecule has 1 aliphatic heterocycles. The Balaban J connectivity index is 1.77. The number of para-hydroxylation sites is 1. The fourth-order valence-corrected chi connectivity index (χ4v) is 3.61. The summed E-state index contributed by atoms with van der Waals surface area (Å²) < 4.78 is 11.7. The van der Waals surface area contributed by atoms with Gasteiger partial charge in [-0.1, -0.05) is 38.1 Å². The summed E-state index contributed by atoms with van der Waals surface area (Å²) in [5.41, 5.74) is 1.50. The van der Waals surface area contributed by atoms with Gasteiger partial charge in [-0.05, 0) is 42.2 Å². The number of benzene rings is 2. The Morgan fingerprint density at radius 1 is 1.11 bits per heavy atom. The Labute approximate surface area is 163 Å². The average Bonchev–Trinajstić information content (AvgIpc) is 2.93. The van der Waals surface area contributed by atoms with Crippen molar-refractivity contribution in [1.29, 1.82) is 0 Å². The zero-order valence-corrected chi connectivity index (χ0v) is 16.3. The number of nitrogens with zero attached hydrogens (tertiary/aromatic N) is 1. The molecule has 5 heteroatoms. The summed E-state index contributed by atoms with van der Waals surface area (Å²) in [6.07, 6.45) is 0.963. The molecule has 2 aromatic carbocycles. The molecule has 1 unspecified atom stereocenters. The van der Waals surface area contributed by atoms with Crippen molar-refractivity contribution in [3.63, 3.8) is 0 Å². The van der Waals surface area contributed by atoms with Crippen molar-refractivity contribution in [2.45, 2.75) is 26.3 Å². The zero-order chi connectivity index (χ0) is 19.8.